The SMILES string of the molecule is O=C(O)C1(O)OC([C@H](O)CO)[C@H](O)C(O)C1O. The zero-order valence-corrected chi connectivity index (χ0v) is 8.54. The number of hydrogen-bond donors (Lipinski definition) is 7. The third-order valence-electron chi connectivity index (χ3n) is 2.60. The number of ether oxygens (including phenoxy) is 1. The predicted molar refractivity (Wildman–Crippen MR) is 48.6 cm³/mol. The van der Waals surface area contributed by atoms with E-state index in [9.17, 15) is 30.3 Å². The molecule has 1 rings (SSSR count). The summed E-state index contributed by atoms with van der Waals surface area (Å²) in [4.78, 5) is 10.7. The fourth-order valence-electron chi connectivity index (χ4n) is 1.55. The van der Waals surface area contributed by atoms with Crippen LogP contribution in [0.15, 0.2) is 0 Å². The molecule has 100 valence electrons. The molecular weight excluding hydrogens is 240 g/mol. The minimum Gasteiger partial charge on any atom is -0.477 e. The molecule has 17 heavy (non-hydrogen) atoms. The monoisotopic (exact) mass is 254 g/mol. The Labute approximate surface area is 95.1 Å². The van der Waals surface area contributed by atoms with Gasteiger partial charge >= 0.3 is 5.97 Å². The number of aliphatic hydroxyl groups excluding tert-OH is 5. The summed E-state index contributed by atoms with van der Waals surface area (Å²) >= 11 is 0. The van der Waals surface area contributed by atoms with E-state index in [4.69, 9.17) is 10.2 Å². The highest BCUT2D eigenvalue weighted by molar-refractivity contribution is 5.76. The standard InChI is InChI=1S/C8H14O9/c9-1-2(10)5-3(11)4(12)6(13)8(16,17-5)7(14)15/h2-6,9-13,16H,1H2,(H,14,15)/t2-,3-,4?,5?,6?,8?/m1/s1. The first-order valence-corrected chi connectivity index (χ1v) is 4.72. The van der Waals surface area contributed by atoms with Gasteiger partial charge < -0.3 is 40.5 Å². The first-order valence-electron chi connectivity index (χ1n) is 4.72. The van der Waals surface area contributed by atoms with Crippen molar-refractivity contribution in [1.29, 1.82) is 0 Å². The van der Waals surface area contributed by atoms with Crippen molar-refractivity contribution < 1.29 is 45.3 Å². The summed E-state index contributed by atoms with van der Waals surface area (Å²) in [6.07, 6.45) is -9.67. The second kappa shape index (κ2) is 4.82. The van der Waals surface area contributed by atoms with E-state index in [1.165, 1.54) is 0 Å². The van der Waals surface area contributed by atoms with E-state index in [2.05, 4.69) is 4.74 Å². The zero-order chi connectivity index (χ0) is 13.4. The van der Waals surface area contributed by atoms with Crippen LogP contribution in [-0.4, -0.2) is 84.6 Å². The van der Waals surface area contributed by atoms with Crippen LogP contribution in [0.1, 0.15) is 0 Å². The molecule has 7 N–H and O–H groups in total. The van der Waals surface area contributed by atoms with Gasteiger partial charge in [0.2, 0.25) is 0 Å². The van der Waals surface area contributed by atoms with Crippen LogP contribution in [0.3, 0.4) is 0 Å². The van der Waals surface area contributed by atoms with Crippen molar-refractivity contribution in [3.63, 3.8) is 0 Å². The second-order valence-corrected chi connectivity index (χ2v) is 3.76. The molecule has 0 saturated carbocycles. The molecule has 0 amide bonds. The Morgan fingerprint density at radius 2 is 1.82 bits per heavy atom. The molecule has 0 aliphatic carbocycles. The van der Waals surface area contributed by atoms with E-state index >= 15 is 0 Å². The van der Waals surface area contributed by atoms with Crippen molar-refractivity contribution in [2.24, 2.45) is 0 Å². The summed E-state index contributed by atoms with van der Waals surface area (Å²) in [7, 11) is 0. The van der Waals surface area contributed by atoms with Crippen molar-refractivity contribution in [3.05, 3.63) is 0 Å². The Balaban J connectivity index is 3.02. The largest absolute Gasteiger partial charge is 0.477 e. The molecule has 4 unspecified atom stereocenters. The van der Waals surface area contributed by atoms with Crippen molar-refractivity contribution in [3.8, 4) is 0 Å². The lowest BCUT2D eigenvalue weighted by atomic mass is 9.90. The molecule has 1 saturated heterocycles. The third kappa shape index (κ3) is 2.26. The number of carboxylic acids is 1. The highest BCUT2D eigenvalue weighted by Gasteiger charge is 2.58. The van der Waals surface area contributed by atoms with E-state index in [-0.39, 0.29) is 0 Å². The van der Waals surface area contributed by atoms with Gasteiger partial charge in [0.25, 0.3) is 5.79 Å². The minimum absolute atomic E-state index is 0.889. The van der Waals surface area contributed by atoms with Gasteiger partial charge in [0.15, 0.2) is 0 Å². The molecule has 0 aromatic heterocycles. The van der Waals surface area contributed by atoms with Crippen LogP contribution in [0.25, 0.3) is 0 Å². The maximum Gasteiger partial charge on any atom is 0.367 e. The molecule has 9 nitrogen and oxygen atoms in total. The lowest BCUT2D eigenvalue weighted by molar-refractivity contribution is -0.346. The van der Waals surface area contributed by atoms with Crippen LogP contribution in [0.2, 0.25) is 0 Å². The smallest absolute Gasteiger partial charge is 0.367 e. The normalized spacial score (nSPS) is 44.4. The molecule has 9 heteroatoms. The molecule has 0 bridgehead atoms. The Morgan fingerprint density at radius 3 is 2.24 bits per heavy atom. The maximum absolute atomic E-state index is 10.7. The van der Waals surface area contributed by atoms with Crippen LogP contribution in [-0.2, 0) is 9.53 Å². The van der Waals surface area contributed by atoms with Gasteiger partial charge in [0, 0.05) is 0 Å². The van der Waals surface area contributed by atoms with E-state index in [0.29, 0.717) is 0 Å². The number of rotatable bonds is 3. The van der Waals surface area contributed by atoms with Crippen LogP contribution < -0.4 is 0 Å². The Hall–Kier alpha value is -0.810. The lowest BCUT2D eigenvalue weighted by Crippen LogP contribution is -2.69. The molecule has 1 heterocycles. The quantitative estimate of drug-likeness (QED) is 0.263. The summed E-state index contributed by atoms with van der Waals surface area (Å²) in [5.74, 6) is -5.16. The van der Waals surface area contributed by atoms with Crippen LogP contribution in [0.5, 0.6) is 0 Å². The van der Waals surface area contributed by atoms with Crippen molar-refractivity contribution in [1.82, 2.24) is 0 Å². The van der Waals surface area contributed by atoms with Gasteiger partial charge in [0.1, 0.15) is 30.5 Å². The fraction of sp³-hybridized carbons (Fsp3) is 0.875. The number of carboxylic acid groups (broad SMARTS) is 1. The topological polar surface area (TPSA) is 168 Å². The molecule has 0 aromatic rings. The number of aliphatic carboxylic acids is 1. The minimum atomic E-state index is -3.17. The van der Waals surface area contributed by atoms with Gasteiger partial charge in [-0.15, -0.1) is 0 Å². The molecular formula is C8H14O9. The van der Waals surface area contributed by atoms with E-state index < -0.39 is 48.9 Å². The van der Waals surface area contributed by atoms with Crippen LogP contribution in [0.4, 0.5) is 0 Å². The summed E-state index contributed by atoms with van der Waals surface area (Å²) in [6, 6.07) is 0. The molecule has 1 fully saturated rings. The molecule has 0 spiro atoms. The molecule has 1 aliphatic rings. The van der Waals surface area contributed by atoms with E-state index in [1.54, 1.807) is 0 Å². The first kappa shape index (κ1) is 14.3. The van der Waals surface area contributed by atoms with Gasteiger partial charge in [-0.25, -0.2) is 4.79 Å². The highest BCUT2D eigenvalue weighted by Crippen LogP contribution is 2.29. The van der Waals surface area contributed by atoms with E-state index in [1.807, 2.05) is 0 Å². The summed E-state index contributed by atoms with van der Waals surface area (Å²) < 4.78 is 4.47. The Kier molecular flexibility index (Phi) is 4.04. The zero-order valence-electron chi connectivity index (χ0n) is 8.54. The number of carbonyl (C=O) groups is 1. The Bertz CT molecular complexity index is 295. The summed E-state index contributed by atoms with van der Waals surface area (Å²) in [5, 5.41) is 64.1. The van der Waals surface area contributed by atoms with Crippen molar-refractivity contribution in [2.75, 3.05) is 6.61 Å². The van der Waals surface area contributed by atoms with Gasteiger partial charge in [0.05, 0.1) is 6.61 Å². The number of aliphatic hydroxyl groups is 6. The predicted octanol–water partition coefficient (Wildman–Crippen LogP) is -4.41. The number of hydrogen-bond acceptors (Lipinski definition) is 8. The van der Waals surface area contributed by atoms with Gasteiger partial charge in [-0.3, -0.25) is 0 Å². The molecule has 0 aromatic carbocycles. The molecule has 0 radical (unpaired) electrons. The lowest BCUT2D eigenvalue weighted by Gasteiger charge is -2.44. The van der Waals surface area contributed by atoms with Crippen LogP contribution in [0, 0.1) is 0 Å². The highest BCUT2D eigenvalue weighted by atomic mass is 16.7. The summed E-state index contributed by atoms with van der Waals surface area (Å²) in [5.41, 5.74) is 0. The average Bonchev–Trinajstić information content (AvgIpc) is 2.30. The second-order valence-electron chi connectivity index (χ2n) is 3.76. The maximum atomic E-state index is 10.7. The molecule has 1 aliphatic heterocycles. The van der Waals surface area contributed by atoms with E-state index in [0.717, 1.165) is 0 Å². The Morgan fingerprint density at radius 1 is 1.29 bits per heavy atom. The van der Waals surface area contributed by atoms with Crippen molar-refractivity contribution in [2.45, 2.75) is 36.3 Å². The van der Waals surface area contributed by atoms with Crippen molar-refractivity contribution >= 4 is 5.97 Å². The fourth-order valence-corrected chi connectivity index (χ4v) is 1.55. The summed E-state index contributed by atoms with van der Waals surface area (Å²) in [6.45, 7) is -0.889. The third-order valence-corrected chi connectivity index (χ3v) is 2.60. The van der Waals surface area contributed by atoms with Gasteiger partial charge in [-0.2, -0.15) is 0 Å². The van der Waals surface area contributed by atoms with Gasteiger partial charge in [-0.1, -0.05) is 0 Å². The van der Waals surface area contributed by atoms with Gasteiger partial charge in [-0.05, 0) is 0 Å². The van der Waals surface area contributed by atoms with Crippen LogP contribution >= 0.6 is 0 Å². The average molecular weight is 254 g/mol. The first-order chi connectivity index (χ1) is 7.75. The molecule has 6 atom stereocenters.